The van der Waals surface area contributed by atoms with Crippen LogP contribution in [0.2, 0.25) is 6.32 Å². The summed E-state index contributed by atoms with van der Waals surface area (Å²) in [6.07, 6.45) is 8.22. The van der Waals surface area contributed by atoms with E-state index in [2.05, 4.69) is 47.3 Å². The van der Waals surface area contributed by atoms with E-state index in [1.165, 1.54) is 30.9 Å². The van der Waals surface area contributed by atoms with Crippen LogP contribution in [0, 0.1) is 5.41 Å². The Hall–Kier alpha value is -1.98. The first kappa shape index (κ1) is 25.3. The topological polar surface area (TPSA) is 35.5 Å². The number of aryl methyl sites for hydroxylation is 1. The standard InChI is InChI=1S/C26H36BFO3/c1-8-10-12-19-13-14-22(24(29)20(11-9-2)16-21(28)17-30-7)23(15-19)27-18-25(3,4)26(5,6)31-27/h9,11,13-16H,2,8,10,12,17-18H2,1,3-7H3/b20-11+,21-16+. The van der Waals surface area contributed by atoms with Crippen molar-refractivity contribution in [3.63, 3.8) is 0 Å². The fraction of sp³-hybridized carbons (Fsp3) is 0.500. The van der Waals surface area contributed by atoms with Crippen LogP contribution in [-0.4, -0.2) is 32.0 Å². The molecule has 1 saturated heterocycles. The highest BCUT2D eigenvalue weighted by molar-refractivity contribution is 6.69. The Morgan fingerprint density at radius 3 is 2.58 bits per heavy atom. The van der Waals surface area contributed by atoms with E-state index in [-0.39, 0.29) is 35.9 Å². The number of benzene rings is 1. The van der Waals surface area contributed by atoms with Crippen LogP contribution in [0.15, 0.2) is 54.4 Å². The van der Waals surface area contributed by atoms with Crippen molar-refractivity contribution in [2.45, 2.75) is 65.8 Å². The molecule has 0 aromatic heterocycles. The van der Waals surface area contributed by atoms with Gasteiger partial charge in [0.15, 0.2) is 5.78 Å². The van der Waals surface area contributed by atoms with E-state index >= 15 is 0 Å². The number of carbonyl (C=O) groups is 1. The summed E-state index contributed by atoms with van der Waals surface area (Å²) in [5.41, 5.74) is 2.50. The van der Waals surface area contributed by atoms with E-state index in [4.69, 9.17) is 9.39 Å². The first-order valence-corrected chi connectivity index (χ1v) is 11.1. The molecule has 1 aliphatic heterocycles. The molecule has 1 aromatic carbocycles. The van der Waals surface area contributed by atoms with Gasteiger partial charge in [0, 0.05) is 18.2 Å². The van der Waals surface area contributed by atoms with E-state index < -0.39 is 5.83 Å². The van der Waals surface area contributed by atoms with Gasteiger partial charge in [-0.05, 0) is 55.5 Å². The Labute approximate surface area is 187 Å². The van der Waals surface area contributed by atoms with Crippen molar-refractivity contribution in [3.05, 3.63) is 65.5 Å². The lowest BCUT2D eigenvalue weighted by Gasteiger charge is -2.34. The van der Waals surface area contributed by atoms with Gasteiger partial charge in [-0.3, -0.25) is 4.79 Å². The van der Waals surface area contributed by atoms with Gasteiger partial charge in [0.25, 0.3) is 0 Å². The molecular weight excluding hydrogens is 390 g/mol. The summed E-state index contributed by atoms with van der Waals surface area (Å²) >= 11 is 0. The zero-order chi connectivity index (χ0) is 23.2. The summed E-state index contributed by atoms with van der Waals surface area (Å²) in [7, 11) is 1.42. The summed E-state index contributed by atoms with van der Waals surface area (Å²) < 4.78 is 25.4. The molecule has 0 saturated carbocycles. The molecule has 1 heterocycles. The number of halogens is 1. The molecule has 0 aliphatic carbocycles. The number of hydrogen-bond donors (Lipinski definition) is 0. The monoisotopic (exact) mass is 426 g/mol. The quantitative estimate of drug-likeness (QED) is 0.204. The predicted octanol–water partition coefficient (Wildman–Crippen LogP) is 5.86. The molecule has 0 spiro atoms. The van der Waals surface area contributed by atoms with Crippen LogP contribution in [-0.2, 0) is 15.8 Å². The van der Waals surface area contributed by atoms with Crippen molar-refractivity contribution in [1.82, 2.24) is 0 Å². The number of hydrogen-bond acceptors (Lipinski definition) is 3. The molecule has 5 heteroatoms. The van der Waals surface area contributed by atoms with Gasteiger partial charge in [-0.2, -0.15) is 0 Å². The second kappa shape index (κ2) is 10.6. The maximum absolute atomic E-state index is 14.1. The molecule has 0 amide bonds. The van der Waals surface area contributed by atoms with E-state index in [1.807, 2.05) is 12.1 Å². The Morgan fingerprint density at radius 2 is 2.03 bits per heavy atom. The highest BCUT2D eigenvalue weighted by atomic mass is 19.1. The highest BCUT2D eigenvalue weighted by Gasteiger charge is 2.50. The van der Waals surface area contributed by atoms with Crippen LogP contribution in [0.4, 0.5) is 4.39 Å². The second-order valence-corrected chi connectivity index (χ2v) is 9.44. The summed E-state index contributed by atoms with van der Waals surface area (Å²) in [4.78, 5) is 13.5. The van der Waals surface area contributed by atoms with Crippen LogP contribution in [0.5, 0.6) is 0 Å². The fourth-order valence-corrected chi connectivity index (χ4v) is 3.88. The third-order valence-electron chi connectivity index (χ3n) is 6.44. The molecule has 0 radical (unpaired) electrons. The van der Waals surface area contributed by atoms with Crippen molar-refractivity contribution in [2.75, 3.05) is 13.7 Å². The normalized spacial score (nSPS) is 18.4. The molecule has 1 aromatic rings. The molecule has 1 aliphatic rings. The summed E-state index contributed by atoms with van der Waals surface area (Å²) in [5, 5.41) is 0. The molecule has 0 bridgehead atoms. The Morgan fingerprint density at radius 1 is 1.32 bits per heavy atom. The van der Waals surface area contributed by atoms with Gasteiger partial charge in [0.2, 0.25) is 0 Å². The number of rotatable bonds is 10. The minimum Gasteiger partial charge on any atom is -0.426 e. The minimum atomic E-state index is -0.510. The smallest absolute Gasteiger partial charge is 0.328 e. The van der Waals surface area contributed by atoms with Gasteiger partial charge in [-0.15, -0.1) is 0 Å². The predicted molar refractivity (Wildman–Crippen MR) is 128 cm³/mol. The molecule has 0 N–H and O–H groups in total. The van der Waals surface area contributed by atoms with Crippen LogP contribution in [0.3, 0.4) is 0 Å². The lowest BCUT2D eigenvalue weighted by atomic mass is 9.52. The lowest BCUT2D eigenvalue weighted by Crippen LogP contribution is -2.38. The fourth-order valence-electron chi connectivity index (χ4n) is 3.88. The van der Waals surface area contributed by atoms with Gasteiger partial charge >= 0.3 is 6.92 Å². The first-order valence-electron chi connectivity index (χ1n) is 11.1. The maximum atomic E-state index is 14.1. The number of unbranched alkanes of at least 4 members (excludes halogenated alkanes) is 1. The van der Waals surface area contributed by atoms with Crippen LogP contribution < -0.4 is 5.46 Å². The number of ether oxygens (including phenoxy) is 1. The van der Waals surface area contributed by atoms with Crippen molar-refractivity contribution in [2.24, 2.45) is 5.41 Å². The Bertz CT molecular complexity index is 851. The van der Waals surface area contributed by atoms with Crippen molar-refractivity contribution in [3.8, 4) is 0 Å². The number of ketones is 1. The Balaban J connectivity index is 2.53. The van der Waals surface area contributed by atoms with Crippen LogP contribution in [0.25, 0.3) is 0 Å². The van der Waals surface area contributed by atoms with Crippen molar-refractivity contribution < 1.29 is 18.6 Å². The van der Waals surface area contributed by atoms with Gasteiger partial charge in [0.1, 0.15) is 5.83 Å². The molecular formula is C26H36BFO3. The molecule has 1 fully saturated rings. The summed E-state index contributed by atoms with van der Waals surface area (Å²) in [6.45, 7) is 14.1. The number of carbonyl (C=O) groups excluding carboxylic acids is 1. The largest absolute Gasteiger partial charge is 0.426 e. The number of methoxy groups -OCH3 is 1. The van der Waals surface area contributed by atoms with Gasteiger partial charge in [-0.25, -0.2) is 4.39 Å². The molecule has 3 nitrogen and oxygen atoms in total. The van der Waals surface area contributed by atoms with Crippen molar-refractivity contribution in [1.29, 1.82) is 0 Å². The third-order valence-corrected chi connectivity index (χ3v) is 6.44. The van der Waals surface area contributed by atoms with Crippen LogP contribution in [0.1, 0.15) is 63.4 Å². The van der Waals surface area contributed by atoms with Crippen molar-refractivity contribution >= 4 is 18.2 Å². The van der Waals surface area contributed by atoms with Gasteiger partial charge in [0.05, 0.1) is 12.2 Å². The molecule has 2 rings (SSSR count). The average Bonchev–Trinajstić information content (AvgIpc) is 2.92. The summed E-state index contributed by atoms with van der Waals surface area (Å²) in [5.74, 6) is -0.751. The van der Waals surface area contributed by atoms with E-state index in [1.54, 1.807) is 0 Å². The number of Topliss-reactive ketones (excluding diaryl/α,β-unsaturated/α-hetero) is 1. The van der Waals surface area contributed by atoms with Gasteiger partial charge < -0.3 is 9.39 Å². The highest BCUT2D eigenvalue weighted by Crippen LogP contribution is 2.45. The maximum Gasteiger partial charge on any atom is 0.328 e. The van der Waals surface area contributed by atoms with E-state index in [0.717, 1.165) is 31.0 Å². The molecule has 0 unspecified atom stereocenters. The van der Waals surface area contributed by atoms with E-state index in [0.29, 0.717) is 5.56 Å². The number of allylic oxidation sites excluding steroid dienone is 4. The minimum absolute atomic E-state index is 0.0400. The molecule has 168 valence electrons. The van der Waals surface area contributed by atoms with Gasteiger partial charge in [-0.1, -0.05) is 64.1 Å². The molecule has 0 atom stereocenters. The second-order valence-electron chi connectivity index (χ2n) is 9.44. The lowest BCUT2D eigenvalue weighted by molar-refractivity contribution is 0.0375. The zero-order valence-electron chi connectivity index (χ0n) is 19.9. The summed E-state index contributed by atoms with van der Waals surface area (Å²) in [6, 6.07) is 5.97. The Kier molecular flexibility index (Phi) is 8.61. The average molecular weight is 426 g/mol. The third kappa shape index (κ3) is 6.05. The van der Waals surface area contributed by atoms with E-state index in [9.17, 15) is 9.18 Å². The van der Waals surface area contributed by atoms with Crippen LogP contribution >= 0.6 is 0 Å². The zero-order valence-corrected chi connectivity index (χ0v) is 19.9. The SMILES string of the molecule is C=C/C=C(\C=C(\F)COC)C(=O)c1ccc(CCCC)cc1B1CC(C)(C)C(C)(C)O1. The molecule has 31 heavy (non-hydrogen) atoms. The first-order chi connectivity index (χ1) is 14.6.